The molecule has 0 atom stereocenters. The van der Waals surface area contributed by atoms with Gasteiger partial charge >= 0.3 is 6.03 Å². The summed E-state index contributed by atoms with van der Waals surface area (Å²) in [5.41, 5.74) is 4.24. The lowest BCUT2D eigenvalue weighted by molar-refractivity contribution is 0.0793. The van der Waals surface area contributed by atoms with Gasteiger partial charge in [0.1, 0.15) is 0 Å². The van der Waals surface area contributed by atoms with Gasteiger partial charge in [-0.1, -0.05) is 18.2 Å². The van der Waals surface area contributed by atoms with Crippen molar-refractivity contribution in [2.24, 2.45) is 0 Å². The first kappa shape index (κ1) is 19.0. The van der Waals surface area contributed by atoms with Crippen LogP contribution in [0.3, 0.4) is 0 Å². The highest BCUT2D eigenvalue weighted by Crippen LogP contribution is 2.18. The number of imidazole rings is 1. The van der Waals surface area contributed by atoms with Crippen molar-refractivity contribution in [2.45, 2.75) is 26.3 Å². The lowest BCUT2D eigenvalue weighted by atomic mass is 10.1. The Hall–Kier alpha value is -3.35. The van der Waals surface area contributed by atoms with Crippen LogP contribution in [0.25, 0.3) is 11.0 Å². The van der Waals surface area contributed by atoms with Crippen LogP contribution in [-0.2, 0) is 6.54 Å². The fourth-order valence-electron chi connectivity index (χ4n) is 3.65. The maximum absolute atomic E-state index is 12.6. The highest BCUT2D eigenvalue weighted by atomic mass is 16.2. The van der Waals surface area contributed by atoms with Gasteiger partial charge in [-0.2, -0.15) is 0 Å². The Morgan fingerprint density at radius 3 is 2.69 bits per heavy atom. The number of likely N-dealkylation sites (tertiary alicyclic amines) is 1. The van der Waals surface area contributed by atoms with Gasteiger partial charge in [-0.3, -0.25) is 4.79 Å². The number of para-hydroxylation sites is 1. The number of aromatic nitrogens is 2. The first-order chi connectivity index (χ1) is 14.1. The number of carbonyl (C=O) groups excluding carboxylic acids is 2. The van der Waals surface area contributed by atoms with Gasteiger partial charge in [0, 0.05) is 37.4 Å². The molecule has 2 heterocycles. The molecule has 150 valence electrons. The number of aryl methyl sites for hydroxylation is 1. The summed E-state index contributed by atoms with van der Waals surface area (Å²) in [6.45, 7) is 4.69. The van der Waals surface area contributed by atoms with Crippen LogP contribution in [0.4, 0.5) is 10.5 Å². The van der Waals surface area contributed by atoms with Crippen molar-refractivity contribution >= 4 is 28.7 Å². The van der Waals surface area contributed by atoms with Gasteiger partial charge in [0.05, 0.1) is 17.4 Å². The zero-order valence-electron chi connectivity index (χ0n) is 16.5. The van der Waals surface area contributed by atoms with E-state index in [2.05, 4.69) is 15.6 Å². The smallest absolute Gasteiger partial charge is 0.319 e. The molecular weight excluding hydrogens is 366 g/mol. The second-order valence-electron chi connectivity index (χ2n) is 7.34. The maximum Gasteiger partial charge on any atom is 0.319 e. The minimum Gasteiger partial charge on any atom is -0.339 e. The van der Waals surface area contributed by atoms with E-state index in [0.717, 1.165) is 48.2 Å². The van der Waals surface area contributed by atoms with Crippen molar-refractivity contribution in [1.82, 2.24) is 19.8 Å². The zero-order valence-corrected chi connectivity index (χ0v) is 16.5. The first-order valence-corrected chi connectivity index (χ1v) is 9.96. The quantitative estimate of drug-likeness (QED) is 0.700. The van der Waals surface area contributed by atoms with E-state index in [-0.39, 0.29) is 11.9 Å². The lowest BCUT2D eigenvalue weighted by Crippen LogP contribution is -2.31. The number of nitrogens with one attached hydrogen (secondary N) is 2. The second-order valence-corrected chi connectivity index (χ2v) is 7.34. The van der Waals surface area contributed by atoms with Crippen LogP contribution < -0.4 is 10.6 Å². The Labute approximate surface area is 169 Å². The number of fused-ring (bicyclic) bond motifs is 1. The Morgan fingerprint density at radius 2 is 1.90 bits per heavy atom. The fourth-order valence-corrected chi connectivity index (χ4v) is 3.65. The van der Waals surface area contributed by atoms with Gasteiger partial charge in [0.25, 0.3) is 5.91 Å². The van der Waals surface area contributed by atoms with E-state index < -0.39 is 0 Å². The predicted molar refractivity (Wildman–Crippen MR) is 113 cm³/mol. The second kappa shape index (κ2) is 8.34. The van der Waals surface area contributed by atoms with E-state index in [0.29, 0.717) is 18.7 Å². The topological polar surface area (TPSA) is 79.3 Å². The van der Waals surface area contributed by atoms with Gasteiger partial charge in [0.15, 0.2) is 0 Å². The van der Waals surface area contributed by atoms with Crippen molar-refractivity contribution in [3.63, 3.8) is 0 Å². The number of urea groups is 1. The van der Waals surface area contributed by atoms with Crippen LogP contribution in [-0.4, -0.2) is 46.0 Å². The number of hydrogen-bond donors (Lipinski definition) is 2. The minimum absolute atomic E-state index is 0.0773. The molecule has 0 unspecified atom stereocenters. The number of anilines is 1. The molecule has 7 nitrogen and oxygen atoms in total. The number of carbonyl (C=O) groups is 2. The van der Waals surface area contributed by atoms with Gasteiger partial charge in [-0.15, -0.1) is 0 Å². The molecule has 7 heteroatoms. The van der Waals surface area contributed by atoms with E-state index in [1.54, 1.807) is 6.33 Å². The van der Waals surface area contributed by atoms with Crippen LogP contribution in [0, 0.1) is 6.92 Å². The van der Waals surface area contributed by atoms with Crippen LogP contribution in [0.15, 0.2) is 48.8 Å². The van der Waals surface area contributed by atoms with Crippen molar-refractivity contribution in [2.75, 3.05) is 25.0 Å². The molecule has 3 amide bonds. The van der Waals surface area contributed by atoms with Gasteiger partial charge in [-0.05, 0) is 49.6 Å². The van der Waals surface area contributed by atoms with E-state index >= 15 is 0 Å². The third kappa shape index (κ3) is 4.23. The average Bonchev–Trinajstić information content (AvgIpc) is 3.39. The van der Waals surface area contributed by atoms with Crippen LogP contribution in [0.1, 0.15) is 28.8 Å². The molecule has 0 bridgehead atoms. The molecule has 3 aromatic rings. The largest absolute Gasteiger partial charge is 0.339 e. The van der Waals surface area contributed by atoms with Crippen LogP contribution in [0.2, 0.25) is 0 Å². The average molecular weight is 391 g/mol. The SMILES string of the molecule is Cc1ccccc1NC(=O)NCCn1cnc2cc(C(=O)N3CCCC3)ccc21. The summed E-state index contributed by atoms with van der Waals surface area (Å²) >= 11 is 0. The molecule has 1 aliphatic rings. The van der Waals surface area contributed by atoms with Gasteiger partial charge in [-0.25, -0.2) is 9.78 Å². The maximum atomic E-state index is 12.6. The van der Waals surface area contributed by atoms with Crippen LogP contribution in [0.5, 0.6) is 0 Å². The number of hydrogen-bond acceptors (Lipinski definition) is 3. The molecule has 29 heavy (non-hydrogen) atoms. The third-order valence-electron chi connectivity index (χ3n) is 5.29. The molecule has 1 saturated heterocycles. The van der Waals surface area contributed by atoms with E-state index in [1.165, 1.54) is 0 Å². The molecule has 1 aliphatic heterocycles. The van der Waals surface area contributed by atoms with Crippen molar-refractivity contribution < 1.29 is 9.59 Å². The normalized spacial score (nSPS) is 13.6. The summed E-state index contributed by atoms with van der Waals surface area (Å²) in [7, 11) is 0. The van der Waals surface area contributed by atoms with E-state index in [9.17, 15) is 9.59 Å². The van der Waals surface area contributed by atoms with Crippen LogP contribution >= 0.6 is 0 Å². The van der Waals surface area contributed by atoms with Crippen molar-refractivity contribution in [3.8, 4) is 0 Å². The summed E-state index contributed by atoms with van der Waals surface area (Å²) in [6.07, 6.45) is 3.90. The summed E-state index contributed by atoms with van der Waals surface area (Å²) in [5.74, 6) is 0.0773. The Kier molecular flexibility index (Phi) is 5.46. The molecule has 0 saturated carbocycles. The fraction of sp³-hybridized carbons (Fsp3) is 0.318. The molecule has 4 rings (SSSR count). The molecule has 0 spiro atoms. The monoisotopic (exact) mass is 391 g/mol. The first-order valence-electron chi connectivity index (χ1n) is 9.96. The van der Waals surface area contributed by atoms with Crippen molar-refractivity contribution in [3.05, 3.63) is 59.9 Å². The molecule has 0 aliphatic carbocycles. The summed E-state index contributed by atoms with van der Waals surface area (Å²) < 4.78 is 1.98. The number of rotatable bonds is 5. The standard InChI is InChI=1S/C22H25N5O2/c1-16-6-2-3-7-18(16)25-22(29)23-10-13-27-15-24-19-14-17(8-9-20(19)27)21(28)26-11-4-5-12-26/h2-3,6-9,14-15H,4-5,10-13H2,1H3,(H2,23,25,29). The summed E-state index contributed by atoms with van der Waals surface area (Å²) in [5, 5.41) is 5.73. The molecule has 1 fully saturated rings. The number of benzene rings is 2. The van der Waals surface area contributed by atoms with Crippen molar-refractivity contribution in [1.29, 1.82) is 0 Å². The van der Waals surface area contributed by atoms with E-state index in [4.69, 9.17) is 0 Å². The highest BCUT2D eigenvalue weighted by molar-refractivity contribution is 5.97. The number of amides is 3. The highest BCUT2D eigenvalue weighted by Gasteiger charge is 2.20. The zero-order chi connectivity index (χ0) is 20.2. The molecule has 2 N–H and O–H groups in total. The minimum atomic E-state index is -0.234. The van der Waals surface area contributed by atoms with Gasteiger partial charge < -0.3 is 20.1 Å². The lowest BCUT2D eigenvalue weighted by Gasteiger charge is -2.15. The summed E-state index contributed by atoms with van der Waals surface area (Å²) in [6, 6.07) is 13.1. The third-order valence-corrected chi connectivity index (χ3v) is 5.29. The Balaban J connectivity index is 1.35. The Bertz CT molecular complexity index is 1040. The number of nitrogens with zero attached hydrogens (tertiary/aromatic N) is 3. The van der Waals surface area contributed by atoms with E-state index in [1.807, 2.05) is 58.9 Å². The molecule has 1 aromatic heterocycles. The molecule has 0 radical (unpaired) electrons. The molecule has 2 aromatic carbocycles. The Morgan fingerprint density at radius 1 is 1.10 bits per heavy atom. The molecular formula is C22H25N5O2. The summed E-state index contributed by atoms with van der Waals surface area (Å²) in [4.78, 5) is 31.0. The predicted octanol–water partition coefficient (Wildman–Crippen LogP) is 3.40. The van der Waals surface area contributed by atoms with Gasteiger partial charge in [0.2, 0.25) is 0 Å².